The molecular formula is C17H17ClN2O3. The van der Waals surface area contributed by atoms with Crippen molar-refractivity contribution in [2.24, 2.45) is 0 Å². The van der Waals surface area contributed by atoms with Crippen LogP contribution in [0.4, 0.5) is 0 Å². The van der Waals surface area contributed by atoms with Crippen molar-refractivity contribution >= 4 is 17.6 Å². The zero-order valence-corrected chi connectivity index (χ0v) is 13.4. The number of alkyl halides is 1. The number of halogens is 1. The SMILES string of the molecule is CNC1(C(Cl)Oc2ncccc2-c2ccc(C(=O)O)cc2)CC1. The number of aromatic nitrogens is 1. The maximum Gasteiger partial charge on any atom is 0.335 e. The minimum atomic E-state index is -0.954. The third kappa shape index (κ3) is 3.16. The second-order valence-electron chi connectivity index (χ2n) is 5.58. The summed E-state index contributed by atoms with van der Waals surface area (Å²) in [4.78, 5) is 15.2. The highest BCUT2D eigenvalue weighted by Gasteiger charge is 2.49. The van der Waals surface area contributed by atoms with Gasteiger partial charge in [0.05, 0.1) is 11.1 Å². The Kier molecular flexibility index (Phi) is 4.24. The molecule has 23 heavy (non-hydrogen) atoms. The molecule has 3 rings (SSSR count). The van der Waals surface area contributed by atoms with Gasteiger partial charge in [-0.2, -0.15) is 0 Å². The van der Waals surface area contributed by atoms with E-state index in [0.717, 1.165) is 24.0 Å². The molecule has 0 radical (unpaired) electrons. The first kappa shape index (κ1) is 15.8. The Morgan fingerprint density at radius 3 is 2.61 bits per heavy atom. The van der Waals surface area contributed by atoms with Crippen LogP contribution in [0.15, 0.2) is 42.6 Å². The van der Waals surface area contributed by atoms with Crippen LogP contribution in [0.3, 0.4) is 0 Å². The largest absolute Gasteiger partial charge is 0.478 e. The van der Waals surface area contributed by atoms with Crippen molar-refractivity contribution in [2.75, 3.05) is 7.05 Å². The lowest BCUT2D eigenvalue weighted by Gasteiger charge is -2.22. The average molecular weight is 333 g/mol. The molecule has 0 aliphatic heterocycles. The van der Waals surface area contributed by atoms with E-state index in [-0.39, 0.29) is 11.1 Å². The Hall–Kier alpha value is -2.11. The molecule has 2 N–H and O–H groups in total. The fourth-order valence-corrected chi connectivity index (χ4v) is 2.84. The first-order valence-electron chi connectivity index (χ1n) is 7.34. The second-order valence-corrected chi connectivity index (χ2v) is 5.98. The third-order valence-corrected chi connectivity index (χ3v) is 4.66. The molecule has 1 aromatic heterocycles. The van der Waals surface area contributed by atoms with Crippen LogP contribution in [0.25, 0.3) is 11.1 Å². The molecule has 1 saturated carbocycles. The summed E-state index contributed by atoms with van der Waals surface area (Å²) >= 11 is 6.39. The molecule has 1 heterocycles. The highest BCUT2D eigenvalue weighted by molar-refractivity contribution is 6.21. The second kappa shape index (κ2) is 6.18. The number of nitrogens with one attached hydrogen (secondary N) is 1. The molecule has 0 spiro atoms. The van der Waals surface area contributed by atoms with Gasteiger partial charge >= 0.3 is 5.97 Å². The predicted octanol–water partition coefficient (Wildman–Crippen LogP) is 3.14. The van der Waals surface area contributed by atoms with Gasteiger partial charge in [0.15, 0.2) is 5.56 Å². The topological polar surface area (TPSA) is 71.5 Å². The summed E-state index contributed by atoms with van der Waals surface area (Å²) in [5.74, 6) is -0.512. The lowest BCUT2D eigenvalue weighted by molar-refractivity contribution is 0.0697. The Morgan fingerprint density at radius 1 is 1.35 bits per heavy atom. The first-order valence-corrected chi connectivity index (χ1v) is 7.78. The van der Waals surface area contributed by atoms with Gasteiger partial charge in [0.1, 0.15) is 0 Å². The highest BCUT2D eigenvalue weighted by atomic mass is 35.5. The number of likely N-dealkylation sites (N-methyl/N-ethyl adjacent to an activating group) is 1. The van der Waals surface area contributed by atoms with Crippen LogP contribution in [-0.2, 0) is 0 Å². The minimum absolute atomic E-state index is 0.191. The van der Waals surface area contributed by atoms with Crippen molar-refractivity contribution in [3.63, 3.8) is 0 Å². The molecular weight excluding hydrogens is 316 g/mol. The van der Waals surface area contributed by atoms with Crippen molar-refractivity contribution in [1.29, 1.82) is 0 Å². The number of nitrogens with zero attached hydrogens (tertiary/aromatic N) is 1. The number of pyridine rings is 1. The molecule has 5 nitrogen and oxygen atoms in total. The molecule has 1 aliphatic carbocycles. The van der Waals surface area contributed by atoms with Gasteiger partial charge in [-0.3, -0.25) is 0 Å². The van der Waals surface area contributed by atoms with Crippen molar-refractivity contribution in [3.8, 4) is 17.0 Å². The van der Waals surface area contributed by atoms with Crippen LogP contribution in [0, 0.1) is 0 Å². The Bertz CT molecular complexity index is 714. The molecule has 6 heteroatoms. The minimum Gasteiger partial charge on any atom is -0.478 e. The van der Waals surface area contributed by atoms with Crippen molar-refractivity contribution in [2.45, 2.75) is 23.9 Å². The van der Waals surface area contributed by atoms with Crippen LogP contribution >= 0.6 is 11.6 Å². The van der Waals surface area contributed by atoms with Gasteiger partial charge in [0, 0.05) is 11.8 Å². The number of ether oxygens (including phenoxy) is 1. The fraction of sp³-hybridized carbons (Fsp3) is 0.294. The molecule has 0 saturated heterocycles. The summed E-state index contributed by atoms with van der Waals surface area (Å²) in [6, 6.07) is 10.3. The summed E-state index contributed by atoms with van der Waals surface area (Å²) in [5, 5.41) is 12.2. The number of benzene rings is 1. The molecule has 1 unspecified atom stereocenters. The summed E-state index contributed by atoms with van der Waals surface area (Å²) in [7, 11) is 1.87. The van der Waals surface area contributed by atoms with Gasteiger partial charge < -0.3 is 15.2 Å². The molecule has 1 aliphatic rings. The van der Waals surface area contributed by atoms with E-state index in [2.05, 4.69) is 10.3 Å². The Morgan fingerprint density at radius 2 is 2.04 bits per heavy atom. The maximum absolute atomic E-state index is 11.0. The Labute approximate surface area is 139 Å². The van der Waals surface area contributed by atoms with Gasteiger partial charge in [-0.1, -0.05) is 23.7 Å². The number of carboxylic acids is 1. The van der Waals surface area contributed by atoms with Crippen LogP contribution in [-0.4, -0.2) is 34.2 Å². The molecule has 1 atom stereocenters. The maximum atomic E-state index is 11.0. The first-order chi connectivity index (χ1) is 11.1. The van der Waals surface area contributed by atoms with Crippen LogP contribution in [0.1, 0.15) is 23.2 Å². The quantitative estimate of drug-likeness (QED) is 0.795. The van der Waals surface area contributed by atoms with Gasteiger partial charge in [-0.15, -0.1) is 0 Å². The van der Waals surface area contributed by atoms with Gasteiger partial charge in [-0.05, 0) is 49.7 Å². The number of hydrogen-bond donors (Lipinski definition) is 2. The van der Waals surface area contributed by atoms with Crippen LogP contribution in [0.5, 0.6) is 5.88 Å². The van der Waals surface area contributed by atoms with E-state index < -0.39 is 11.5 Å². The summed E-state index contributed by atoms with van der Waals surface area (Å²) in [5.41, 5.74) is 1.14. The summed E-state index contributed by atoms with van der Waals surface area (Å²) in [6.45, 7) is 0. The molecule has 1 fully saturated rings. The summed E-state index contributed by atoms with van der Waals surface area (Å²) < 4.78 is 5.87. The standard InChI is InChI=1S/C17H17ClN2O3/c1-19-17(8-9-17)16(18)23-14-13(3-2-10-20-14)11-4-6-12(7-5-11)15(21)22/h2-7,10,16,19H,8-9H2,1H3,(H,21,22). The molecule has 120 valence electrons. The van der Waals surface area contributed by atoms with Crippen molar-refractivity contribution in [1.82, 2.24) is 10.3 Å². The number of aromatic carboxylic acids is 1. The Balaban J connectivity index is 1.87. The monoisotopic (exact) mass is 332 g/mol. The van der Waals surface area contributed by atoms with E-state index in [4.69, 9.17) is 21.4 Å². The van der Waals surface area contributed by atoms with E-state index in [1.165, 1.54) is 0 Å². The number of rotatable bonds is 6. The number of carbonyl (C=O) groups is 1. The number of carboxylic acid groups (broad SMARTS) is 1. The molecule has 2 aromatic rings. The fourth-order valence-electron chi connectivity index (χ4n) is 2.43. The van der Waals surface area contributed by atoms with E-state index in [1.54, 1.807) is 30.5 Å². The smallest absolute Gasteiger partial charge is 0.335 e. The lowest BCUT2D eigenvalue weighted by atomic mass is 10.1. The van der Waals surface area contributed by atoms with E-state index in [0.29, 0.717) is 5.88 Å². The van der Waals surface area contributed by atoms with Crippen LogP contribution < -0.4 is 10.1 Å². The highest BCUT2D eigenvalue weighted by Crippen LogP contribution is 2.42. The van der Waals surface area contributed by atoms with Crippen LogP contribution in [0.2, 0.25) is 0 Å². The van der Waals surface area contributed by atoms with Gasteiger partial charge in [0.25, 0.3) is 0 Å². The van der Waals surface area contributed by atoms with Crippen molar-refractivity contribution in [3.05, 3.63) is 48.2 Å². The zero-order chi connectivity index (χ0) is 16.4. The summed E-state index contributed by atoms with van der Waals surface area (Å²) in [6.07, 6.45) is 3.58. The van der Waals surface area contributed by atoms with E-state index in [1.807, 2.05) is 19.2 Å². The zero-order valence-electron chi connectivity index (χ0n) is 12.6. The average Bonchev–Trinajstić information content (AvgIpc) is 3.37. The van der Waals surface area contributed by atoms with E-state index >= 15 is 0 Å². The number of hydrogen-bond acceptors (Lipinski definition) is 4. The third-order valence-electron chi connectivity index (χ3n) is 4.15. The lowest BCUT2D eigenvalue weighted by Crippen LogP contribution is -2.40. The van der Waals surface area contributed by atoms with E-state index in [9.17, 15) is 4.79 Å². The van der Waals surface area contributed by atoms with Gasteiger partial charge in [0.2, 0.25) is 5.88 Å². The van der Waals surface area contributed by atoms with Gasteiger partial charge in [-0.25, -0.2) is 9.78 Å². The molecule has 0 amide bonds. The normalized spacial score (nSPS) is 16.6. The molecule has 0 bridgehead atoms. The van der Waals surface area contributed by atoms with Crippen molar-refractivity contribution < 1.29 is 14.6 Å². The predicted molar refractivity (Wildman–Crippen MR) is 87.9 cm³/mol. The molecule has 1 aromatic carbocycles.